The predicted octanol–water partition coefficient (Wildman–Crippen LogP) is -0.208. The van der Waals surface area contributed by atoms with E-state index in [1.54, 1.807) is 32.5 Å². The van der Waals surface area contributed by atoms with Gasteiger partial charge in [-0.15, -0.1) is 0 Å². The minimum atomic E-state index is -3.52. The summed E-state index contributed by atoms with van der Waals surface area (Å²) in [5.41, 5.74) is 0.211. The second-order valence-corrected chi connectivity index (χ2v) is 6.77. The number of aryl methyl sites for hydroxylation is 2. The molecule has 0 saturated carbocycles. The van der Waals surface area contributed by atoms with Gasteiger partial charge in [-0.1, -0.05) is 0 Å². The SMILES string of the molecule is Cc1nn(C)c(C)c1S(=O)(=O)N1CC(C)(O)C1. The highest BCUT2D eigenvalue weighted by molar-refractivity contribution is 7.89. The van der Waals surface area contributed by atoms with Crippen molar-refractivity contribution in [2.75, 3.05) is 13.1 Å². The molecular formula is C10H17N3O3S. The Morgan fingerprint density at radius 2 is 1.88 bits per heavy atom. The number of rotatable bonds is 2. The normalized spacial score (nSPS) is 20.3. The van der Waals surface area contributed by atoms with Crippen molar-refractivity contribution in [3.05, 3.63) is 11.4 Å². The Kier molecular flexibility index (Phi) is 2.61. The lowest BCUT2D eigenvalue weighted by Crippen LogP contribution is -2.61. The molecule has 0 atom stereocenters. The molecular weight excluding hydrogens is 242 g/mol. The van der Waals surface area contributed by atoms with Crippen LogP contribution < -0.4 is 0 Å². The van der Waals surface area contributed by atoms with Crippen molar-refractivity contribution in [3.63, 3.8) is 0 Å². The van der Waals surface area contributed by atoms with Crippen LogP contribution in [0.15, 0.2) is 4.90 Å². The Bertz CT molecular complexity index is 552. The molecule has 0 spiro atoms. The molecule has 0 bridgehead atoms. The maximum Gasteiger partial charge on any atom is 0.246 e. The van der Waals surface area contributed by atoms with Crippen molar-refractivity contribution in [1.29, 1.82) is 0 Å². The fourth-order valence-corrected chi connectivity index (χ4v) is 4.21. The maximum absolute atomic E-state index is 12.3. The molecule has 17 heavy (non-hydrogen) atoms. The largest absolute Gasteiger partial charge is 0.387 e. The summed E-state index contributed by atoms with van der Waals surface area (Å²) < 4.78 is 27.5. The first-order chi connectivity index (χ1) is 7.65. The van der Waals surface area contributed by atoms with E-state index in [-0.39, 0.29) is 18.0 Å². The molecule has 96 valence electrons. The third-order valence-corrected chi connectivity index (χ3v) is 5.12. The zero-order valence-corrected chi connectivity index (χ0v) is 11.2. The Hall–Kier alpha value is -0.920. The van der Waals surface area contributed by atoms with E-state index in [1.165, 1.54) is 4.31 Å². The number of sulfonamides is 1. The quantitative estimate of drug-likeness (QED) is 0.797. The summed E-state index contributed by atoms with van der Waals surface area (Å²) in [5, 5.41) is 13.7. The lowest BCUT2D eigenvalue weighted by atomic mass is 10.0. The Balaban J connectivity index is 2.40. The van der Waals surface area contributed by atoms with Gasteiger partial charge in [0, 0.05) is 20.1 Å². The van der Waals surface area contributed by atoms with Gasteiger partial charge in [0.25, 0.3) is 0 Å². The van der Waals surface area contributed by atoms with Crippen molar-refractivity contribution in [2.24, 2.45) is 7.05 Å². The van der Waals surface area contributed by atoms with Crippen LogP contribution in [-0.2, 0) is 17.1 Å². The average molecular weight is 259 g/mol. The summed E-state index contributed by atoms with van der Waals surface area (Å²) in [5.74, 6) is 0. The standard InChI is InChI=1S/C10H17N3O3S/c1-7-9(8(2)12(4)11-7)17(15,16)13-5-10(3,14)6-13/h14H,5-6H2,1-4H3. The minimum absolute atomic E-state index is 0.142. The van der Waals surface area contributed by atoms with Gasteiger partial charge >= 0.3 is 0 Å². The van der Waals surface area contributed by atoms with E-state index in [2.05, 4.69) is 5.10 Å². The van der Waals surface area contributed by atoms with Crippen LogP contribution >= 0.6 is 0 Å². The van der Waals surface area contributed by atoms with E-state index in [0.29, 0.717) is 11.4 Å². The molecule has 1 aromatic heterocycles. The van der Waals surface area contributed by atoms with Crippen molar-refractivity contribution in [1.82, 2.24) is 14.1 Å². The summed E-state index contributed by atoms with van der Waals surface area (Å²) >= 11 is 0. The summed E-state index contributed by atoms with van der Waals surface area (Å²) in [4.78, 5) is 0.260. The van der Waals surface area contributed by atoms with Crippen LogP contribution in [0.25, 0.3) is 0 Å². The zero-order valence-electron chi connectivity index (χ0n) is 10.4. The van der Waals surface area contributed by atoms with Crippen LogP contribution in [0.4, 0.5) is 0 Å². The maximum atomic E-state index is 12.3. The summed E-state index contributed by atoms with van der Waals surface area (Å²) in [6, 6.07) is 0. The van der Waals surface area contributed by atoms with E-state index in [0.717, 1.165) is 0 Å². The molecule has 1 aromatic rings. The highest BCUT2D eigenvalue weighted by Crippen LogP contribution is 2.30. The number of aliphatic hydroxyl groups is 1. The summed E-state index contributed by atoms with van der Waals surface area (Å²) in [6.45, 7) is 5.32. The molecule has 1 fully saturated rings. The summed E-state index contributed by atoms with van der Waals surface area (Å²) in [6.07, 6.45) is 0. The first-order valence-electron chi connectivity index (χ1n) is 5.38. The average Bonchev–Trinajstić information content (AvgIpc) is 2.37. The summed E-state index contributed by atoms with van der Waals surface area (Å²) in [7, 11) is -1.81. The molecule has 0 aromatic carbocycles. The topological polar surface area (TPSA) is 75.4 Å². The van der Waals surface area contributed by atoms with E-state index < -0.39 is 15.6 Å². The van der Waals surface area contributed by atoms with Gasteiger partial charge in [-0.25, -0.2) is 8.42 Å². The molecule has 6 nitrogen and oxygen atoms in total. The molecule has 1 N–H and O–H groups in total. The fraction of sp³-hybridized carbons (Fsp3) is 0.700. The lowest BCUT2D eigenvalue weighted by molar-refractivity contribution is -0.0426. The van der Waals surface area contributed by atoms with Crippen LogP contribution in [-0.4, -0.2) is 46.3 Å². The second-order valence-electron chi connectivity index (χ2n) is 4.89. The lowest BCUT2D eigenvalue weighted by Gasteiger charge is -2.42. The van der Waals surface area contributed by atoms with Crippen molar-refractivity contribution < 1.29 is 13.5 Å². The molecule has 1 saturated heterocycles. The predicted molar refractivity (Wildman–Crippen MR) is 62.1 cm³/mol. The van der Waals surface area contributed by atoms with Gasteiger partial charge in [-0.05, 0) is 20.8 Å². The van der Waals surface area contributed by atoms with E-state index >= 15 is 0 Å². The molecule has 7 heteroatoms. The first kappa shape index (κ1) is 12.5. The fourth-order valence-electron chi connectivity index (χ4n) is 2.14. The zero-order chi connectivity index (χ0) is 13.0. The molecule has 0 radical (unpaired) electrons. The Labute approximate surface area is 101 Å². The molecule has 2 heterocycles. The molecule has 0 unspecified atom stereocenters. The molecule has 0 amide bonds. The first-order valence-corrected chi connectivity index (χ1v) is 6.82. The highest BCUT2D eigenvalue weighted by Gasteiger charge is 2.45. The van der Waals surface area contributed by atoms with Gasteiger partial charge in [0.1, 0.15) is 4.90 Å². The van der Waals surface area contributed by atoms with Crippen molar-refractivity contribution in [2.45, 2.75) is 31.3 Å². The number of nitrogens with zero attached hydrogens (tertiary/aromatic N) is 3. The van der Waals surface area contributed by atoms with Crippen LogP contribution in [0.5, 0.6) is 0 Å². The Morgan fingerprint density at radius 3 is 2.24 bits per heavy atom. The van der Waals surface area contributed by atoms with E-state index in [1.807, 2.05) is 0 Å². The minimum Gasteiger partial charge on any atom is -0.387 e. The molecule has 1 aliphatic heterocycles. The monoisotopic (exact) mass is 259 g/mol. The van der Waals surface area contributed by atoms with Gasteiger partial charge in [-0.2, -0.15) is 9.40 Å². The van der Waals surface area contributed by atoms with E-state index in [4.69, 9.17) is 0 Å². The van der Waals surface area contributed by atoms with Crippen LogP contribution in [0.1, 0.15) is 18.3 Å². The van der Waals surface area contributed by atoms with E-state index in [9.17, 15) is 13.5 Å². The van der Waals surface area contributed by atoms with Gasteiger partial charge < -0.3 is 5.11 Å². The Morgan fingerprint density at radius 1 is 1.35 bits per heavy atom. The number of hydrogen-bond acceptors (Lipinski definition) is 4. The number of aromatic nitrogens is 2. The van der Waals surface area contributed by atoms with Crippen LogP contribution in [0, 0.1) is 13.8 Å². The highest BCUT2D eigenvalue weighted by atomic mass is 32.2. The van der Waals surface area contributed by atoms with Crippen LogP contribution in [0.3, 0.4) is 0 Å². The smallest absolute Gasteiger partial charge is 0.246 e. The third-order valence-electron chi connectivity index (χ3n) is 3.07. The van der Waals surface area contributed by atoms with Gasteiger partial charge in [0.2, 0.25) is 10.0 Å². The molecule has 0 aliphatic carbocycles. The molecule has 2 rings (SSSR count). The second kappa shape index (κ2) is 3.54. The molecule has 1 aliphatic rings. The van der Waals surface area contributed by atoms with Gasteiger partial charge in [-0.3, -0.25) is 4.68 Å². The number of hydrogen-bond donors (Lipinski definition) is 1. The van der Waals surface area contributed by atoms with Gasteiger partial charge in [0.15, 0.2) is 0 Å². The van der Waals surface area contributed by atoms with Gasteiger partial charge in [0.05, 0.1) is 17.0 Å². The van der Waals surface area contributed by atoms with Crippen LogP contribution in [0.2, 0.25) is 0 Å². The number of β-amino-alcohol motifs (C(OH)–C–C–N with tert-alkyl or cyclic N) is 1. The van der Waals surface area contributed by atoms with Crippen molar-refractivity contribution >= 4 is 10.0 Å². The third kappa shape index (κ3) is 1.88. The van der Waals surface area contributed by atoms with Crippen molar-refractivity contribution in [3.8, 4) is 0 Å².